The number of carbonyl (C=O) groups excluding carboxylic acids is 2. The van der Waals surface area contributed by atoms with E-state index in [1.54, 1.807) is 29.3 Å². The van der Waals surface area contributed by atoms with Gasteiger partial charge in [-0.1, -0.05) is 17.7 Å². The molecule has 2 heterocycles. The number of pyridine rings is 1. The van der Waals surface area contributed by atoms with E-state index in [1.165, 1.54) is 6.07 Å². The molecule has 1 aromatic heterocycles. The number of anilines is 2. The Morgan fingerprint density at radius 2 is 1.76 bits per heavy atom. The van der Waals surface area contributed by atoms with Gasteiger partial charge in [0.05, 0.1) is 11.3 Å². The number of amides is 3. The van der Waals surface area contributed by atoms with Crippen molar-refractivity contribution in [2.75, 3.05) is 36.8 Å². The number of hydrogen-bond acceptors (Lipinski definition) is 5. The highest BCUT2D eigenvalue weighted by Crippen LogP contribution is 2.22. The maximum absolute atomic E-state index is 12.6. The summed E-state index contributed by atoms with van der Waals surface area (Å²) >= 11 is 6.04. The molecule has 3 rings (SSSR count). The van der Waals surface area contributed by atoms with Crippen LogP contribution in [0.5, 0.6) is 0 Å². The smallest absolute Gasteiger partial charge is 0.475 e. The third-order valence-electron chi connectivity index (χ3n) is 4.27. The summed E-state index contributed by atoms with van der Waals surface area (Å²) in [6.07, 6.45) is -3.42. The van der Waals surface area contributed by atoms with Crippen molar-refractivity contribution >= 4 is 41.0 Å². The summed E-state index contributed by atoms with van der Waals surface area (Å²) < 4.78 is 31.7. The predicted octanol–water partition coefficient (Wildman–Crippen LogP) is 3.37. The first-order valence-electron chi connectivity index (χ1n) is 9.57. The second-order valence-corrected chi connectivity index (χ2v) is 7.27. The first kappa shape index (κ1) is 25.9. The number of nitrogens with zero attached hydrogens (tertiary/aromatic N) is 2. The Hall–Kier alpha value is -3.38. The SMILES string of the molecule is Cc1ccc(NC(=O)c2cc(Cl)ccc2NC(=O)N2CCNCC2)nc1.O=C(O)C(F)(F)F. The minimum absolute atomic E-state index is 0.240. The lowest BCUT2D eigenvalue weighted by Gasteiger charge is -2.27. The van der Waals surface area contributed by atoms with Crippen LogP contribution in [0.4, 0.5) is 29.5 Å². The number of carboxylic acids is 1. The van der Waals surface area contributed by atoms with Gasteiger partial charge in [-0.05, 0) is 36.8 Å². The summed E-state index contributed by atoms with van der Waals surface area (Å²) in [7, 11) is 0. The van der Waals surface area contributed by atoms with Crippen LogP contribution in [0.2, 0.25) is 5.02 Å². The van der Waals surface area contributed by atoms with Crippen molar-refractivity contribution in [1.29, 1.82) is 0 Å². The molecule has 0 bridgehead atoms. The standard InChI is InChI=1S/C18H20ClN5O2.C2HF3O2/c1-12-2-5-16(21-11-12)23-17(25)14-10-13(19)3-4-15(14)22-18(26)24-8-6-20-7-9-24;3-2(4,5)1(6)7/h2-5,10-11,20H,6-9H2,1H3,(H,22,26)(H,21,23,25);(H,6,7). The fourth-order valence-electron chi connectivity index (χ4n) is 2.60. The van der Waals surface area contributed by atoms with Crippen molar-refractivity contribution in [3.05, 3.63) is 52.7 Å². The van der Waals surface area contributed by atoms with Crippen molar-refractivity contribution in [2.24, 2.45) is 0 Å². The summed E-state index contributed by atoms with van der Waals surface area (Å²) in [5.41, 5.74) is 1.68. The van der Waals surface area contributed by atoms with Crippen LogP contribution in [0, 0.1) is 6.92 Å². The summed E-state index contributed by atoms with van der Waals surface area (Å²) in [5.74, 6) is -2.72. The van der Waals surface area contributed by atoms with Gasteiger partial charge in [-0.25, -0.2) is 14.6 Å². The molecular formula is C20H21ClF3N5O4. The summed E-state index contributed by atoms with van der Waals surface area (Å²) in [6, 6.07) is 8.12. The molecule has 2 aromatic rings. The van der Waals surface area contributed by atoms with Crippen molar-refractivity contribution in [3.63, 3.8) is 0 Å². The first-order valence-corrected chi connectivity index (χ1v) is 9.95. The molecule has 0 spiro atoms. The van der Waals surface area contributed by atoms with Crippen molar-refractivity contribution in [2.45, 2.75) is 13.1 Å². The lowest BCUT2D eigenvalue weighted by atomic mass is 10.1. The molecule has 1 aromatic carbocycles. The van der Waals surface area contributed by atoms with Crippen LogP contribution in [0.1, 0.15) is 15.9 Å². The number of benzene rings is 1. The largest absolute Gasteiger partial charge is 0.490 e. The fraction of sp³-hybridized carbons (Fsp3) is 0.300. The molecule has 0 radical (unpaired) electrons. The normalized spacial score (nSPS) is 13.4. The van der Waals surface area contributed by atoms with Gasteiger partial charge in [0.25, 0.3) is 5.91 Å². The Balaban J connectivity index is 0.000000479. The maximum Gasteiger partial charge on any atom is 0.490 e. The number of carboxylic acid groups (broad SMARTS) is 1. The fourth-order valence-corrected chi connectivity index (χ4v) is 2.77. The molecule has 1 saturated heterocycles. The van der Waals surface area contributed by atoms with Crippen LogP contribution in [0.25, 0.3) is 0 Å². The number of aliphatic carboxylic acids is 1. The van der Waals surface area contributed by atoms with E-state index in [1.807, 2.05) is 13.0 Å². The van der Waals surface area contributed by atoms with Crippen molar-refractivity contribution < 1.29 is 32.7 Å². The van der Waals surface area contributed by atoms with E-state index in [2.05, 4.69) is 20.9 Å². The second kappa shape index (κ2) is 11.5. The quantitative estimate of drug-likeness (QED) is 0.526. The number of halogens is 4. The van der Waals surface area contributed by atoms with E-state index in [0.717, 1.165) is 18.7 Å². The number of piperazine rings is 1. The topological polar surface area (TPSA) is 124 Å². The monoisotopic (exact) mass is 487 g/mol. The molecule has 13 heteroatoms. The third kappa shape index (κ3) is 8.24. The molecule has 1 aliphatic rings. The van der Waals surface area contributed by atoms with E-state index in [0.29, 0.717) is 29.6 Å². The number of alkyl halides is 3. The summed E-state index contributed by atoms with van der Waals surface area (Å²) in [6.45, 7) is 4.66. The molecule has 1 fully saturated rings. The molecule has 0 aliphatic carbocycles. The number of rotatable bonds is 3. The summed E-state index contributed by atoms with van der Waals surface area (Å²) in [4.78, 5) is 39.8. The molecule has 0 unspecified atom stereocenters. The highest BCUT2D eigenvalue weighted by Gasteiger charge is 2.38. The van der Waals surface area contributed by atoms with Gasteiger partial charge >= 0.3 is 18.2 Å². The number of nitrogens with one attached hydrogen (secondary N) is 3. The molecule has 33 heavy (non-hydrogen) atoms. The number of hydrogen-bond donors (Lipinski definition) is 4. The molecule has 0 saturated carbocycles. The van der Waals surface area contributed by atoms with Crippen LogP contribution in [0.15, 0.2) is 36.5 Å². The predicted molar refractivity (Wildman–Crippen MR) is 116 cm³/mol. The minimum Gasteiger partial charge on any atom is -0.475 e. The third-order valence-corrected chi connectivity index (χ3v) is 4.50. The second-order valence-electron chi connectivity index (χ2n) is 6.83. The first-order chi connectivity index (χ1) is 15.5. The molecule has 178 valence electrons. The highest BCUT2D eigenvalue weighted by atomic mass is 35.5. The van der Waals surface area contributed by atoms with Crippen molar-refractivity contribution in [3.8, 4) is 0 Å². The van der Waals surface area contributed by atoms with E-state index in [9.17, 15) is 22.8 Å². The molecule has 9 nitrogen and oxygen atoms in total. The summed E-state index contributed by atoms with van der Waals surface area (Å²) in [5, 5.41) is 16.3. The Morgan fingerprint density at radius 3 is 2.30 bits per heavy atom. The van der Waals surface area contributed by atoms with Crippen LogP contribution < -0.4 is 16.0 Å². The lowest BCUT2D eigenvalue weighted by Crippen LogP contribution is -2.48. The number of aromatic nitrogens is 1. The number of carbonyl (C=O) groups is 3. The van der Waals surface area contributed by atoms with Gasteiger partial charge in [-0.2, -0.15) is 13.2 Å². The van der Waals surface area contributed by atoms with E-state index < -0.39 is 12.1 Å². The van der Waals surface area contributed by atoms with Crippen LogP contribution >= 0.6 is 11.6 Å². The molecular weight excluding hydrogens is 467 g/mol. The van der Waals surface area contributed by atoms with Gasteiger partial charge in [0.15, 0.2) is 0 Å². The van der Waals surface area contributed by atoms with Crippen LogP contribution in [-0.4, -0.2) is 65.3 Å². The molecule has 1 aliphatic heterocycles. The van der Waals surface area contributed by atoms with Gasteiger partial charge in [0.1, 0.15) is 5.82 Å². The highest BCUT2D eigenvalue weighted by molar-refractivity contribution is 6.31. The van der Waals surface area contributed by atoms with Gasteiger partial charge in [-0.15, -0.1) is 0 Å². The van der Waals surface area contributed by atoms with E-state index in [-0.39, 0.29) is 17.5 Å². The lowest BCUT2D eigenvalue weighted by molar-refractivity contribution is -0.192. The van der Waals surface area contributed by atoms with Gasteiger partial charge in [-0.3, -0.25) is 4.79 Å². The Labute approximate surface area is 191 Å². The average molecular weight is 488 g/mol. The van der Waals surface area contributed by atoms with Crippen molar-refractivity contribution in [1.82, 2.24) is 15.2 Å². The molecule has 0 atom stereocenters. The van der Waals surface area contributed by atoms with E-state index in [4.69, 9.17) is 21.5 Å². The number of urea groups is 1. The van der Waals surface area contributed by atoms with Gasteiger partial charge in [0.2, 0.25) is 0 Å². The Bertz CT molecular complexity index is 996. The molecule has 4 N–H and O–H groups in total. The zero-order valence-electron chi connectivity index (χ0n) is 17.4. The molecule has 3 amide bonds. The van der Waals surface area contributed by atoms with E-state index >= 15 is 0 Å². The number of aryl methyl sites for hydroxylation is 1. The zero-order valence-corrected chi connectivity index (χ0v) is 18.1. The Morgan fingerprint density at radius 1 is 1.12 bits per heavy atom. The van der Waals surface area contributed by atoms with Gasteiger partial charge in [0, 0.05) is 37.4 Å². The van der Waals surface area contributed by atoms with Gasteiger partial charge < -0.3 is 26.0 Å². The van der Waals surface area contributed by atoms with Crippen LogP contribution in [0.3, 0.4) is 0 Å². The Kier molecular flexibility index (Phi) is 9.00. The average Bonchev–Trinajstić information content (AvgIpc) is 2.77. The minimum atomic E-state index is -5.08. The maximum atomic E-state index is 12.6. The zero-order chi connectivity index (χ0) is 24.6. The van der Waals surface area contributed by atoms with Crippen LogP contribution in [-0.2, 0) is 4.79 Å².